The average Bonchev–Trinajstić information content (AvgIpc) is 2.67. The normalized spacial score (nSPS) is 11.9. The van der Waals surface area contributed by atoms with Crippen molar-refractivity contribution in [2.75, 3.05) is 14.2 Å². The first-order valence-electron chi connectivity index (χ1n) is 8.41. The van der Waals surface area contributed by atoms with Crippen molar-refractivity contribution in [1.82, 2.24) is 0 Å². The van der Waals surface area contributed by atoms with Gasteiger partial charge in [0.15, 0.2) is 6.10 Å². The summed E-state index contributed by atoms with van der Waals surface area (Å²) in [5.74, 6) is 0.988. The first-order chi connectivity index (χ1) is 13.0. The smallest absolute Gasteiger partial charge is 0.346 e. The summed E-state index contributed by atoms with van der Waals surface area (Å²) in [5, 5.41) is 0.416. The largest absolute Gasteiger partial charge is 0.496 e. The van der Waals surface area contributed by atoms with Crippen LogP contribution in [0.1, 0.15) is 12.7 Å². The molecule has 3 rings (SSSR count). The number of carbonyl (C=O) groups excluding carboxylic acids is 1. The van der Waals surface area contributed by atoms with Crippen LogP contribution in [0, 0.1) is 6.92 Å². The molecule has 140 valence electrons. The van der Waals surface area contributed by atoms with Crippen molar-refractivity contribution in [1.29, 1.82) is 0 Å². The van der Waals surface area contributed by atoms with Crippen LogP contribution in [0.25, 0.3) is 22.1 Å². The number of carbonyl (C=O) groups is 1. The summed E-state index contributed by atoms with van der Waals surface area (Å²) in [6.07, 6.45) is -0.770. The van der Waals surface area contributed by atoms with Gasteiger partial charge in [0.25, 0.3) is 0 Å². The summed E-state index contributed by atoms with van der Waals surface area (Å²) in [4.78, 5) is 24.6. The van der Waals surface area contributed by atoms with Crippen molar-refractivity contribution in [3.63, 3.8) is 0 Å². The summed E-state index contributed by atoms with van der Waals surface area (Å²) in [6.45, 7) is 3.31. The molecule has 0 unspecified atom stereocenters. The van der Waals surface area contributed by atoms with Gasteiger partial charge in [-0.25, -0.2) is 4.79 Å². The molecule has 6 nitrogen and oxygen atoms in total. The molecule has 0 spiro atoms. The highest BCUT2D eigenvalue weighted by molar-refractivity contribution is 5.85. The molecule has 0 saturated carbocycles. The highest BCUT2D eigenvalue weighted by atomic mass is 16.6. The lowest BCUT2D eigenvalue weighted by Crippen LogP contribution is -2.24. The summed E-state index contributed by atoms with van der Waals surface area (Å²) in [6, 6.07) is 12.1. The molecule has 0 amide bonds. The summed E-state index contributed by atoms with van der Waals surface area (Å²) in [7, 11) is 2.85. The topological polar surface area (TPSA) is 75.0 Å². The number of benzene rings is 2. The van der Waals surface area contributed by atoms with Gasteiger partial charge in [0.2, 0.25) is 5.43 Å². The van der Waals surface area contributed by atoms with E-state index >= 15 is 0 Å². The first kappa shape index (κ1) is 18.5. The molecule has 1 atom stereocenters. The fourth-order valence-corrected chi connectivity index (χ4v) is 2.94. The number of ether oxygens (including phenoxy) is 3. The van der Waals surface area contributed by atoms with E-state index in [0.29, 0.717) is 39.4 Å². The van der Waals surface area contributed by atoms with Crippen LogP contribution >= 0.6 is 0 Å². The second-order valence-electron chi connectivity index (χ2n) is 6.00. The van der Waals surface area contributed by atoms with Crippen molar-refractivity contribution in [2.24, 2.45) is 0 Å². The van der Waals surface area contributed by atoms with Crippen molar-refractivity contribution in [3.8, 4) is 22.6 Å². The number of rotatable bonds is 5. The first-order valence-corrected chi connectivity index (χ1v) is 8.41. The Labute approximate surface area is 156 Å². The van der Waals surface area contributed by atoms with Gasteiger partial charge in [-0.05, 0) is 32.0 Å². The molecule has 0 fully saturated rings. The predicted molar refractivity (Wildman–Crippen MR) is 101 cm³/mol. The van der Waals surface area contributed by atoms with E-state index in [1.165, 1.54) is 7.11 Å². The molecule has 1 heterocycles. The lowest BCUT2D eigenvalue weighted by Gasteiger charge is -2.14. The van der Waals surface area contributed by atoms with Crippen LogP contribution in [0.2, 0.25) is 0 Å². The molecule has 0 aliphatic carbocycles. The van der Waals surface area contributed by atoms with Crippen LogP contribution < -0.4 is 14.9 Å². The third kappa shape index (κ3) is 3.51. The number of methoxy groups -OCH3 is 2. The molecule has 27 heavy (non-hydrogen) atoms. The number of hydrogen-bond acceptors (Lipinski definition) is 6. The molecule has 0 N–H and O–H groups in total. The zero-order valence-electron chi connectivity index (χ0n) is 15.6. The minimum atomic E-state index is -0.770. The van der Waals surface area contributed by atoms with Crippen LogP contribution in [0.3, 0.4) is 0 Å². The molecule has 3 aromatic rings. The quantitative estimate of drug-likeness (QED) is 0.639. The molecular formula is C21H20O6. The van der Waals surface area contributed by atoms with Crippen molar-refractivity contribution in [2.45, 2.75) is 20.0 Å². The van der Waals surface area contributed by atoms with Gasteiger partial charge < -0.3 is 18.6 Å². The number of aryl methyl sites for hydroxylation is 1. The van der Waals surface area contributed by atoms with Crippen LogP contribution in [0.5, 0.6) is 11.5 Å². The fourth-order valence-electron chi connectivity index (χ4n) is 2.94. The molecule has 0 bridgehead atoms. The number of hydrogen-bond donors (Lipinski definition) is 0. The fraction of sp³-hybridized carbons (Fsp3) is 0.238. The summed E-state index contributed by atoms with van der Waals surface area (Å²) < 4.78 is 21.5. The van der Waals surface area contributed by atoms with Crippen LogP contribution in [0.15, 0.2) is 51.7 Å². The van der Waals surface area contributed by atoms with Gasteiger partial charge in [-0.15, -0.1) is 0 Å². The van der Waals surface area contributed by atoms with Crippen molar-refractivity contribution in [3.05, 3.63) is 58.4 Å². The maximum Gasteiger partial charge on any atom is 0.346 e. The Morgan fingerprint density at radius 3 is 2.56 bits per heavy atom. The SMILES string of the molecule is COC(=O)[C@H](C)Oc1ccc2c(=O)c(-c3ccccc3OC)c(C)oc2c1. The van der Waals surface area contributed by atoms with E-state index < -0.39 is 12.1 Å². The van der Waals surface area contributed by atoms with E-state index in [0.717, 1.165) is 0 Å². The second kappa shape index (κ2) is 7.53. The van der Waals surface area contributed by atoms with E-state index in [9.17, 15) is 9.59 Å². The minimum absolute atomic E-state index is 0.161. The van der Waals surface area contributed by atoms with Gasteiger partial charge in [-0.3, -0.25) is 4.79 Å². The van der Waals surface area contributed by atoms with Gasteiger partial charge in [0.1, 0.15) is 22.8 Å². The van der Waals surface area contributed by atoms with E-state index in [1.807, 2.05) is 18.2 Å². The third-order valence-corrected chi connectivity index (χ3v) is 4.26. The average molecular weight is 368 g/mol. The number of fused-ring (bicyclic) bond motifs is 1. The van der Waals surface area contributed by atoms with E-state index in [2.05, 4.69) is 4.74 Å². The molecular weight excluding hydrogens is 348 g/mol. The molecule has 0 radical (unpaired) electrons. The van der Waals surface area contributed by atoms with Crippen LogP contribution in [-0.2, 0) is 9.53 Å². The molecule has 0 saturated heterocycles. The third-order valence-electron chi connectivity index (χ3n) is 4.26. The number of para-hydroxylation sites is 1. The van der Waals surface area contributed by atoms with Crippen molar-refractivity contribution >= 4 is 16.9 Å². The Morgan fingerprint density at radius 2 is 1.85 bits per heavy atom. The molecule has 2 aromatic carbocycles. The summed E-state index contributed by atoms with van der Waals surface area (Å²) >= 11 is 0. The lowest BCUT2D eigenvalue weighted by molar-refractivity contribution is -0.147. The van der Waals surface area contributed by atoms with E-state index in [4.69, 9.17) is 13.9 Å². The molecule has 0 aliphatic heterocycles. The number of esters is 1. The maximum atomic E-state index is 13.1. The highest BCUT2D eigenvalue weighted by Gasteiger charge is 2.19. The standard InChI is InChI=1S/C21H20O6/c1-12-19(15-7-5-6-8-17(15)24-3)20(22)16-10-9-14(11-18(16)27-12)26-13(2)21(23)25-4/h5-11,13H,1-4H3/t13-/m0/s1. The Balaban J connectivity index is 2.10. The Morgan fingerprint density at radius 1 is 1.11 bits per heavy atom. The second-order valence-corrected chi connectivity index (χ2v) is 6.00. The van der Waals surface area contributed by atoms with Crippen LogP contribution in [-0.4, -0.2) is 26.3 Å². The molecule has 6 heteroatoms. The van der Waals surface area contributed by atoms with E-state index in [1.54, 1.807) is 45.2 Å². The Hall–Kier alpha value is -3.28. The zero-order valence-corrected chi connectivity index (χ0v) is 15.6. The van der Waals surface area contributed by atoms with Gasteiger partial charge in [-0.2, -0.15) is 0 Å². The van der Waals surface area contributed by atoms with E-state index in [-0.39, 0.29) is 5.43 Å². The Kier molecular flexibility index (Phi) is 5.16. The van der Waals surface area contributed by atoms with Gasteiger partial charge >= 0.3 is 5.97 Å². The molecule has 0 aliphatic rings. The molecule has 1 aromatic heterocycles. The predicted octanol–water partition coefficient (Wildman–Crippen LogP) is 3.72. The van der Waals surface area contributed by atoms with Crippen molar-refractivity contribution < 1.29 is 23.4 Å². The Bertz CT molecular complexity index is 1050. The maximum absolute atomic E-state index is 13.1. The minimum Gasteiger partial charge on any atom is -0.496 e. The zero-order chi connectivity index (χ0) is 19.6. The van der Waals surface area contributed by atoms with Gasteiger partial charge in [-0.1, -0.05) is 18.2 Å². The van der Waals surface area contributed by atoms with Gasteiger partial charge in [0, 0.05) is 11.6 Å². The van der Waals surface area contributed by atoms with Crippen LogP contribution in [0.4, 0.5) is 0 Å². The van der Waals surface area contributed by atoms with Gasteiger partial charge in [0.05, 0.1) is 25.2 Å². The highest BCUT2D eigenvalue weighted by Crippen LogP contribution is 2.32. The lowest BCUT2D eigenvalue weighted by atomic mass is 10.0. The monoisotopic (exact) mass is 368 g/mol. The summed E-state index contributed by atoms with van der Waals surface area (Å²) in [5.41, 5.74) is 1.35.